The van der Waals surface area contributed by atoms with Gasteiger partial charge in [-0.1, -0.05) is 59.4 Å². The minimum Gasteiger partial charge on any atom is -0.324 e. The fourth-order valence-electron chi connectivity index (χ4n) is 2.77. The number of carbonyl (C=O) groups excluding carboxylic acids is 1. The topological polar surface area (TPSA) is 72.7 Å². The van der Waals surface area contributed by atoms with E-state index >= 15 is 0 Å². The first-order valence-electron chi connectivity index (χ1n) is 9.21. The summed E-state index contributed by atoms with van der Waals surface area (Å²) in [6, 6.07) is 15.3. The molecule has 0 atom stereocenters. The van der Waals surface area contributed by atoms with E-state index in [1.54, 1.807) is 35.2 Å². The van der Waals surface area contributed by atoms with Gasteiger partial charge >= 0.3 is 0 Å². The maximum absolute atomic E-state index is 12.3. The summed E-state index contributed by atoms with van der Waals surface area (Å²) in [5, 5.41) is 12.7. The van der Waals surface area contributed by atoms with Gasteiger partial charge in [0.2, 0.25) is 5.91 Å². The molecule has 0 saturated carbocycles. The number of nitrogens with zero attached hydrogens (tertiary/aromatic N) is 4. The Morgan fingerprint density at radius 3 is 2.73 bits per heavy atom. The summed E-state index contributed by atoms with van der Waals surface area (Å²) in [5.41, 5.74) is 1.62. The largest absolute Gasteiger partial charge is 0.324 e. The van der Waals surface area contributed by atoms with E-state index in [2.05, 4.69) is 26.6 Å². The maximum atomic E-state index is 12.3. The highest BCUT2D eigenvalue weighted by Crippen LogP contribution is 2.31. The second-order valence-corrected chi connectivity index (χ2v) is 9.80. The lowest BCUT2D eigenvalue weighted by molar-refractivity contribution is -0.113. The van der Waals surface area contributed by atoms with Crippen molar-refractivity contribution in [2.75, 3.05) is 11.1 Å². The number of nitrogens with one attached hydrogen (secondary N) is 1. The Hall–Kier alpha value is -2.07. The van der Waals surface area contributed by atoms with E-state index < -0.39 is 0 Å². The van der Waals surface area contributed by atoms with Crippen molar-refractivity contribution in [3.63, 3.8) is 0 Å². The Balaban J connectivity index is 1.37. The fourth-order valence-corrected chi connectivity index (χ4v) is 5.78. The predicted octanol–water partition coefficient (Wildman–Crippen LogP) is 5.58. The minimum atomic E-state index is -0.135. The van der Waals surface area contributed by atoms with Gasteiger partial charge in [0.25, 0.3) is 0 Å². The first kappa shape index (κ1) is 21.2. The Morgan fingerprint density at radius 2 is 1.93 bits per heavy atom. The first-order valence-corrected chi connectivity index (χ1v) is 12.4. The van der Waals surface area contributed by atoms with Crippen molar-refractivity contribution >= 4 is 68.3 Å². The highest BCUT2D eigenvalue weighted by molar-refractivity contribution is 8.00. The summed E-state index contributed by atoms with van der Waals surface area (Å²) in [5.74, 6) is 1.64. The number of halogens is 1. The summed E-state index contributed by atoms with van der Waals surface area (Å²) in [4.78, 5) is 16.9. The van der Waals surface area contributed by atoms with Gasteiger partial charge in [-0.3, -0.25) is 4.79 Å². The molecule has 10 heteroatoms. The summed E-state index contributed by atoms with van der Waals surface area (Å²) < 4.78 is 4.22. The molecule has 0 aliphatic heterocycles. The number of carbonyl (C=O) groups is 1. The molecule has 0 saturated heterocycles. The molecule has 0 bridgehead atoms. The summed E-state index contributed by atoms with van der Waals surface area (Å²) in [6.45, 7) is 2.78. The number of rotatable bonds is 8. The summed E-state index contributed by atoms with van der Waals surface area (Å²) >= 11 is 10.8. The Bertz CT molecular complexity index is 1140. The average molecular weight is 476 g/mol. The fraction of sp³-hybridized carbons (Fsp3) is 0.200. The van der Waals surface area contributed by atoms with E-state index in [4.69, 9.17) is 11.6 Å². The van der Waals surface area contributed by atoms with Crippen molar-refractivity contribution in [2.24, 2.45) is 0 Å². The van der Waals surface area contributed by atoms with E-state index in [1.807, 2.05) is 41.8 Å². The summed E-state index contributed by atoms with van der Waals surface area (Å²) in [6.07, 6.45) is 0. The van der Waals surface area contributed by atoms with Crippen LogP contribution in [0.25, 0.3) is 10.2 Å². The molecule has 1 amide bonds. The Labute approximate surface area is 191 Å². The van der Waals surface area contributed by atoms with Crippen molar-refractivity contribution in [1.29, 1.82) is 0 Å². The quantitative estimate of drug-likeness (QED) is 0.335. The lowest BCUT2D eigenvalue weighted by Crippen LogP contribution is -2.15. The van der Waals surface area contributed by atoms with Crippen LogP contribution in [0.5, 0.6) is 0 Å². The van der Waals surface area contributed by atoms with Crippen LogP contribution in [0.15, 0.2) is 58.0 Å². The third kappa shape index (κ3) is 4.97. The van der Waals surface area contributed by atoms with Gasteiger partial charge < -0.3 is 9.88 Å². The lowest BCUT2D eigenvalue weighted by atomic mass is 10.3. The van der Waals surface area contributed by atoms with E-state index in [-0.39, 0.29) is 11.7 Å². The number of thiazole rings is 1. The molecular formula is C20H18ClN5OS3. The van der Waals surface area contributed by atoms with Crippen LogP contribution in [0.2, 0.25) is 5.02 Å². The Morgan fingerprint density at radius 1 is 1.13 bits per heavy atom. The molecule has 4 rings (SSSR count). The molecule has 2 heterocycles. The minimum absolute atomic E-state index is 0.135. The SMILES string of the molecule is CCn1c(CSc2nc3ccccc3s2)nnc1SCC(=O)Nc1ccccc1Cl. The standard InChI is InChI=1S/C20H18ClN5OS3/c1-2-26-17(11-29-20-23-15-9-5-6-10-16(15)30-20)24-25-19(26)28-12-18(27)22-14-8-4-3-7-13(14)21/h3-10H,2,11-12H2,1H3,(H,22,27). The molecule has 0 radical (unpaired) electrons. The number of para-hydroxylation sites is 2. The van der Waals surface area contributed by atoms with Crippen LogP contribution in [0.3, 0.4) is 0 Å². The average Bonchev–Trinajstić information content (AvgIpc) is 3.35. The number of amides is 1. The Kier molecular flexibility index (Phi) is 6.93. The van der Waals surface area contributed by atoms with Gasteiger partial charge in [0.05, 0.1) is 32.4 Å². The van der Waals surface area contributed by atoms with Crippen LogP contribution >= 0.6 is 46.5 Å². The second-order valence-electron chi connectivity index (χ2n) is 6.20. The van der Waals surface area contributed by atoms with Crippen LogP contribution in [0.1, 0.15) is 12.7 Å². The van der Waals surface area contributed by atoms with E-state index in [9.17, 15) is 4.79 Å². The number of benzene rings is 2. The molecule has 0 spiro atoms. The van der Waals surface area contributed by atoms with Crippen LogP contribution < -0.4 is 5.32 Å². The van der Waals surface area contributed by atoms with Crippen molar-refractivity contribution in [3.05, 3.63) is 59.4 Å². The molecule has 0 unspecified atom stereocenters. The number of aromatic nitrogens is 4. The summed E-state index contributed by atoms with van der Waals surface area (Å²) in [7, 11) is 0. The monoisotopic (exact) mass is 475 g/mol. The third-order valence-corrected chi connectivity index (χ3v) is 7.66. The number of hydrogen-bond donors (Lipinski definition) is 1. The first-order chi connectivity index (χ1) is 14.6. The number of thioether (sulfide) groups is 2. The van der Waals surface area contributed by atoms with E-state index in [1.165, 1.54) is 16.5 Å². The molecule has 2 aromatic carbocycles. The molecule has 154 valence electrons. The molecule has 2 aromatic heterocycles. The molecule has 0 aliphatic carbocycles. The van der Waals surface area contributed by atoms with Gasteiger partial charge in [0, 0.05) is 6.54 Å². The second kappa shape index (κ2) is 9.82. The van der Waals surface area contributed by atoms with Crippen molar-refractivity contribution in [1.82, 2.24) is 19.7 Å². The van der Waals surface area contributed by atoms with Gasteiger partial charge in [0.15, 0.2) is 9.50 Å². The van der Waals surface area contributed by atoms with Crippen LogP contribution in [-0.2, 0) is 17.1 Å². The highest BCUT2D eigenvalue weighted by atomic mass is 35.5. The van der Waals surface area contributed by atoms with E-state index in [0.717, 1.165) is 27.4 Å². The highest BCUT2D eigenvalue weighted by Gasteiger charge is 2.15. The number of fused-ring (bicyclic) bond motifs is 1. The van der Waals surface area contributed by atoms with Crippen LogP contribution in [-0.4, -0.2) is 31.4 Å². The smallest absolute Gasteiger partial charge is 0.234 e. The number of anilines is 1. The predicted molar refractivity (Wildman–Crippen MR) is 126 cm³/mol. The van der Waals surface area contributed by atoms with Gasteiger partial charge in [0.1, 0.15) is 5.82 Å². The molecular weight excluding hydrogens is 458 g/mol. The zero-order valence-corrected chi connectivity index (χ0v) is 19.2. The van der Waals surface area contributed by atoms with Gasteiger partial charge in [-0.15, -0.1) is 21.5 Å². The van der Waals surface area contributed by atoms with Crippen molar-refractivity contribution < 1.29 is 4.79 Å². The zero-order valence-electron chi connectivity index (χ0n) is 16.0. The van der Waals surface area contributed by atoms with Crippen molar-refractivity contribution in [3.8, 4) is 0 Å². The van der Waals surface area contributed by atoms with Gasteiger partial charge in [-0.05, 0) is 31.2 Å². The normalized spacial score (nSPS) is 11.1. The molecule has 0 aliphatic rings. The molecule has 6 nitrogen and oxygen atoms in total. The van der Waals surface area contributed by atoms with Gasteiger partial charge in [-0.2, -0.15) is 0 Å². The van der Waals surface area contributed by atoms with Crippen molar-refractivity contribution in [2.45, 2.75) is 28.7 Å². The molecule has 4 aromatic rings. The lowest BCUT2D eigenvalue weighted by Gasteiger charge is -2.08. The van der Waals surface area contributed by atoms with Crippen LogP contribution in [0.4, 0.5) is 5.69 Å². The molecule has 0 fully saturated rings. The van der Waals surface area contributed by atoms with Crippen LogP contribution in [0, 0.1) is 0 Å². The maximum Gasteiger partial charge on any atom is 0.234 e. The number of hydrogen-bond acceptors (Lipinski definition) is 7. The van der Waals surface area contributed by atoms with E-state index in [0.29, 0.717) is 16.5 Å². The molecule has 1 N–H and O–H groups in total. The zero-order chi connectivity index (χ0) is 20.9. The van der Waals surface area contributed by atoms with Gasteiger partial charge in [-0.25, -0.2) is 4.98 Å². The molecule has 30 heavy (non-hydrogen) atoms. The third-order valence-electron chi connectivity index (χ3n) is 4.19.